The van der Waals surface area contributed by atoms with E-state index in [-0.39, 0.29) is 11.7 Å². The Bertz CT molecular complexity index is 662. The van der Waals surface area contributed by atoms with Gasteiger partial charge in [-0.1, -0.05) is 6.42 Å². The van der Waals surface area contributed by atoms with Crippen LogP contribution in [0.2, 0.25) is 0 Å². The van der Waals surface area contributed by atoms with Crippen molar-refractivity contribution in [1.82, 2.24) is 29.4 Å². The molecule has 2 aromatic rings. The fraction of sp³-hybridized carbons (Fsp3) is 0.625. The first-order valence-electron chi connectivity index (χ1n) is 8.48. The van der Waals surface area contributed by atoms with Crippen LogP contribution < -0.4 is 0 Å². The van der Waals surface area contributed by atoms with E-state index in [0.29, 0.717) is 5.78 Å². The summed E-state index contributed by atoms with van der Waals surface area (Å²) in [4.78, 5) is 25.4. The average molecular weight is 314 g/mol. The normalized spacial score (nSPS) is 20.4. The number of nitrogens with zero attached hydrogens (tertiary/aromatic N) is 6. The monoisotopic (exact) mass is 314 g/mol. The van der Waals surface area contributed by atoms with Gasteiger partial charge in [-0.25, -0.2) is 9.50 Å². The van der Waals surface area contributed by atoms with E-state index in [9.17, 15) is 4.79 Å². The lowest BCUT2D eigenvalue weighted by molar-refractivity contribution is 0.0747. The topological polar surface area (TPSA) is 66.6 Å². The summed E-state index contributed by atoms with van der Waals surface area (Å²) in [5.74, 6) is 1.51. The Balaban J connectivity index is 1.41. The molecule has 122 valence electrons. The Morgan fingerprint density at radius 2 is 2.09 bits per heavy atom. The molecule has 0 unspecified atom stereocenters. The van der Waals surface area contributed by atoms with Gasteiger partial charge in [0.15, 0.2) is 0 Å². The highest BCUT2D eigenvalue weighted by Crippen LogP contribution is 2.27. The Kier molecular flexibility index (Phi) is 3.95. The van der Waals surface area contributed by atoms with E-state index in [1.54, 1.807) is 23.0 Å². The summed E-state index contributed by atoms with van der Waals surface area (Å²) in [6.07, 6.45) is 8.56. The van der Waals surface area contributed by atoms with Crippen LogP contribution in [0, 0.1) is 5.92 Å². The maximum Gasteiger partial charge on any atom is 0.293 e. The third-order valence-corrected chi connectivity index (χ3v) is 4.92. The van der Waals surface area contributed by atoms with Crippen LogP contribution in [0.25, 0.3) is 5.78 Å². The molecule has 3 heterocycles. The predicted octanol–water partition coefficient (Wildman–Crippen LogP) is 1.07. The molecule has 1 saturated heterocycles. The Hall–Kier alpha value is -2.02. The van der Waals surface area contributed by atoms with Crippen molar-refractivity contribution in [3.05, 3.63) is 24.3 Å². The van der Waals surface area contributed by atoms with E-state index < -0.39 is 0 Å². The number of hydrogen-bond donors (Lipinski definition) is 0. The zero-order valence-electron chi connectivity index (χ0n) is 13.3. The molecule has 0 bridgehead atoms. The molecule has 4 rings (SSSR count). The molecule has 1 aliphatic carbocycles. The van der Waals surface area contributed by atoms with Crippen molar-refractivity contribution in [1.29, 1.82) is 0 Å². The third-order valence-electron chi connectivity index (χ3n) is 4.92. The maximum absolute atomic E-state index is 12.7. The van der Waals surface area contributed by atoms with Crippen LogP contribution >= 0.6 is 0 Å². The van der Waals surface area contributed by atoms with Gasteiger partial charge in [-0.3, -0.25) is 4.79 Å². The number of carbonyl (C=O) groups excluding carboxylic acids is 1. The van der Waals surface area contributed by atoms with Gasteiger partial charge in [0.1, 0.15) is 0 Å². The first-order valence-corrected chi connectivity index (χ1v) is 8.48. The van der Waals surface area contributed by atoms with Crippen LogP contribution in [-0.2, 0) is 0 Å². The highest BCUT2D eigenvalue weighted by Gasteiger charge is 2.26. The fourth-order valence-electron chi connectivity index (χ4n) is 3.36. The van der Waals surface area contributed by atoms with Gasteiger partial charge in [-0.15, -0.1) is 5.10 Å². The van der Waals surface area contributed by atoms with E-state index in [1.165, 1.54) is 25.8 Å². The second-order valence-electron chi connectivity index (χ2n) is 6.54. The molecule has 7 nitrogen and oxygen atoms in total. The molecule has 0 aromatic carbocycles. The largest absolute Gasteiger partial charge is 0.335 e. The van der Waals surface area contributed by atoms with Crippen molar-refractivity contribution >= 4 is 11.7 Å². The van der Waals surface area contributed by atoms with Gasteiger partial charge in [-0.2, -0.15) is 4.98 Å². The zero-order chi connectivity index (χ0) is 15.6. The molecule has 23 heavy (non-hydrogen) atoms. The van der Waals surface area contributed by atoms with Gasteiger partial charge in [0.05, 0.1) is 0 Å². The van der Waals surface area contributed by atoms with Crippen molar-refractivity contribution in [3.8, 4) is 0 Å². The number of aromatic nitrogens is 4. The van der Waals surface area contributed by atoms with E-state index >= 15 is 0 Å². The minimum Gasteiger partial charge on any atom is -0.335 e. The van der Waals surface area contributed by atoms with Crippen LogP contribution in [0.15, 0.2) is 18.5 Å². The summed E-state index contributed by atoms with van der Waals surface area (Å²) in [6.45, 7) is 4.77. The van der Waals surface area contributed by atoms with Gasteiger partial charge in [0, 0.05) is 38.6 Å². The standard InChI is InChI=1S/C16H22N6O/c23-15(14-18-16-17-6-2-9-22(16)19-14)21-8-3-7-20(10-11-21)12-13-4-1-5-13/h2,6,9,13H,1,3-5,7-8,10-12H2. The number of fused-ring (bicyclic) bond motifs is 1. The molecule has 1 aliphatic heterocycles. The SMILES string of the molecule is O=C(c1nc2ncccn2n1)N1CCCN(CC2CCC2)CC1. The van der Waals surface area contributed by atoms with Crippen molar-refractivity contribution < 1.29 is 4.79 Å². The van der Waals surface area contributed by atoms with Crippen LogP contribution in [0.5, 0.6) is 0 Å². The molecule has 1 amide bonds. The lowest BCUT2D eigenvalue weighted by Crippen LogP contribution is -2.38. The van der Waals surface area contributed by atoms with Gasteiger partial charge in [0.2, 0.25) is 5.82 Å². The molecule has 2 fully saturated rings. The number of carbonyl (C=O) groups is 1. The van der Waals surface area contributed by atoms with Crippen molar-refractivity contribution in [2.45, 2.75) is 25.7 Å². The van der Waals surface area contributed by atoms with Gasteiger partial charge < -0.3 is 9.80 Å². The zero-order valence-corrected chi connectivity index (χ0v) is 13.3. The van der Waals surface area contributed by atoms with Crippen LogP contribution in [0.4, 0.5) is 0 Å². The Morgan fingerprint density at radius 1 is 1.17 bits per heavy atom. The molecule has 7 heteroatoms. The van der Waals surface area contributed by atoms with E-state index in [4.69, 9.17) is 0 Å². The third kappa shape index (κ3) is 3.06. The summed E-state index contributed by atoms with van der Waals surface area (Å²) < 4.78 is 1.55. The van der Waals surface area contributed by atoms with Crippen molar-refractivity contribution in [3.63, 3.8) is 0 Å². The van der Waals surface area contributed by atoms with Crippen LogP contribution in [0.1, 0.15) is 36.3 Å². The summed E-state index contributed by atoms with van der Waals surface area (Å²) in [6, 6.07) is 1.78. The first kappa shape index (κ1) is 14.6. The summed E-state index contributed by atoms with van der Waals surface area (Å²) in [5, 5.41) is 4.25. The molecule has 2 aliphatic rings. The number of amides is 1. The Morgan fingerprint density at radius 3 is 2.87 bits per heavy atom. The van der Waals surface area contributed by atoms with E-state index in [2.05, 4.69) is 20.0 Å². The summed E-state index contributed by atoms with van der Waals surface area (Å²) in [5.41, 5.74) is 0. The molecule has 1 saturated carbocycles. The molecule has 0 N–H and O–H groups in total. The molecule has 0 atom stereocenters. The highest BCUT2D eigenvalue weighted by atomic mass is 16.2. The lowest BCUT2D eigenvalue weighted by Gasteiger charge is -2.31. The smallest absolute Gasteiger partial charge is 0.293 e. The molecule has 0 radical (unpaired) electrons. The number of hydrogen-bond acceptors (Lipinski definition) is 5. The first-order chi connectivity index (χ1) is 11.3. The van der Waals surface area contributed by atoms with Gasteiger partial charge in [0.25, 0.3) is 11.7 Å². The van der Waals surface area contributed by atoms with Gasteiger partial charge in [-0.05, 0) is 37.8 Å². The van der Waals surface area contributed by atoms with E-state index in [0.717, 1.165) is 38.5 Å². The molecular formula is C16H22N6O. The minimum absolute atomic E-state index is 0.0824. The maximum atomic E-state index is 12.7. The number of rotatable bonds is 3. The summed E-state index contributed by atoms with van der Waals surface area (Å²) >= 11 is 0. The average Bonchev–Trinajstić information content (AvgIpc) is 2.82. The van der Waals surface area contributed by atoms with Crippen molar-refractivity contribution in [2.75, 3.05) is 32.7 Å². The molecular weight excluding hydrogens is 292 g/mol. The summed E-state index contributed by atoms with van der Waals surface area (Å²) in [7, 11) is 0. The Labute approximate surface area is 135 Å². The van der Waals surface area contributed by atoms with E-state index in [1.807, 2.05) is 4.90 Å². The van der Waals surface area contributed by atoms with Crippen molar-refractivity contribution in [2.24, 2.45) is 5.92 Å². The predicted molar refractivity (Wildman–Crippen MR) is 85.1 cm³/mol. The molecule has 0 spiro atoms. The minimum atomic E-state index is -0.0824. The highest BCUT2D eigenvalue weighted by molar-refractivity contribution is 5.90. The fourth-order valence-corrected chi connectivity index (χ4v) is 3.36. The second kappa shape index (κ2) is 6.23. The molecule has 2 aromatic heterocycles. The quantitative estimate of drug-likeness (QED) is 0.848. The lowest BCUT2D eigenvalue weighted by atomic mass is 9.85. The second-order valence-corrected chi connectivity index (χ2v) is 6.54. The van der Waals surface area contributed by atoms with Crippen LogP contribution in [-0.4, -0.2) is 68.0 Å². The van der Waals surface area contributed by atoms with Crippen LogP contribution in [0.3, 0.4) is 0 Å². The van der Waals surface area contributed by atoms with Gasteiger partial charge >= 0.3 is 0 Å².